The van der Waals surface area contributed by atoms with Gasteiger partial charge in [-0.25, -0.2) is 9.97 Å². The van der Waals surface area contributed by atoms with E-state index >= 15 is 0 Å². The van der Waals surface area contributed by atoms with Crippen molar-refractivity contribution in [1.29, 1.82) is 0 Å². The minimum atomic E-state index is 0.847. The second kappa shape index (κ2) is 4.47. The van der Waals surface area contributed by atoms with Crippen LogP contribution in [-0.2, 0) is 6.42 Å². The maximum Gasteiger partial charge on any atom is 0.143 e. The van der Waals surface area contributed by atoms with Crippen LogP contribution in [0.5, 0.6) is 0 Å². The van der Waals surface area contributed by atoms with E-state index in [0.29, 0.717) is 0 Å². The Bertz CT molecular complexity index is 441. The van der Waals surface area contributed by atoms with Crippen LogP contribution in [0.1, 0.15) is 17.8 Å². The van der Waals surface area contributed by atoms with Gasteiger partial charge < -0.3 is 5.32 Å². The Morgan fingerprint density at radius 3 is 3.31 bits per heavy atom. The molecule has 84 valence electrons. The van der Waals surface area contributed by atoms with Gasteiger partial charge in [-0.05, 0) is 50.4 Å². The zero-order chi connectivity index (χ0) is 10.8. The topological polar surface area (TPSA) is 37.8 Å². The summed E-state index contributed by atoms with van der Waals surface area (Å²) in [6, 6.07) is 3.99. The number of aryl methyl sites for hydroxylation is 1. The molecule has 1 saturated heterocycles. The van der Waals surface area contributed by atoms with E-state index in [4.69, 9.17) is 0 Å². The minimum absolute atomic E-state index is 0.847. The minimum Gasteiger partial charge on any atom is -0.316 e. The van der Waals surface area contributed by atoms with Gasteiger partial charge in [-0.2, -0.15) is 0 Å². The number of fused-ring (bicyclic) bond motifs is 1. The predicted octanol–water partition coefficient (Wildman–Crippen LogP) is 2.23. The third kappa shape index (κ3) is 2.08. The van der Waals surface area contributed by atoms with Crippen LogP contribution < -0.4 is 5.32 Å². The van der Waals surface area contributed by atoms with Crippen LogP contribution >= 0.6 is 11.3 Å². The first-order valence-electron chi connectivity index (χ1n) is 5.83. The fourth-order valence-corrected chi connectivity index (χ4v) is 3.13. The summed E-state index contributed by atoms with van der Waals surface area (Å²) < 4.78 is 0. The van der Waals surface area contributed by atoms with E-state index in [-0.39, 0.29) is 0 Å². The molecule has 1 aliphatic heterocycles. The van der Waals surface area contributed by atoms with Crippen molar-refractivity contribution in [3.63, 3.8) is 0 Å². The Labute approximate surface area is 98.9 Å². The first-order chi connectivity index (χ1) is 7.92. The lowest BCUT2D eigenvalue weighted by Crippen LogP contribution is -2.09. The number of thiazole rings is 1. The summed E-state index contributed by atoms with van der Waals surface area (Å²) in [6.45, 7) is 2.37. The van der Waals surface area contributed by atoms with Gasteiger partial charge in [-0.1, -0.05) is 11.3 Å². The van der Waals surface area contributed by atoms with Crippen LogP contribution in [0.15, 0.2) is 18.3 Å². The summed E-state index contributed by atoms with van der Waals surface area (Å²) in [5, 5.41) is 4.64. The molecule has 0 saturated carbocycles. The second-order valence-corrected chi connectivity index (χ2v) is 5.39. The van der Waals surface area contributed by atoms with E-state index in [0.717, 1.165) is 22.7 Å². The van der Waals surface area contributed by atoms with Crippen LogP contribution in [0.25, 0.3) is 10.3 Å². The molecule has 1 fully saturated rings. The molecule has 0 radical (unpaired) electrons. The van der Waals surface area contributed by atoms with E-state index in [9.17, 15) is 0 Å². The molecule has 3 nitrogen and oxygen atoms in total. The Balaban J connectivity index is 1.69. The molecular weight excluding hydrogens is 218 g/mol. The third-order valence-corrected chi connectivity index (χ3v) is 4.18. The summed E-state index contributed by atoms with van der Waals surface area (Å²) in [7, 11) is 0. The molecule has 1 aliphatic rings. The first kappa shape index (κ1) is 10.2. The molecule has 0 aliphatic carbocycles. The number of aromatic nitrogens is 2. The van der Waals surface area contributed by atoms with Crippen molar-refractivity contribution in [2.24, 2.45) is 5.92 Å². The van der Waals surface area contributed by atoms with Crippen molar-refractivity contribution < 1.29 is 0 Å². The van der Waals surface area contributed by atoms with Crippen molar-refractivity contribution in [2.45, 2.75) is 19.3 Å². The van der Waals surface area contributed by atoms with Gasteiger partial charge in [0.1, 0.15) is 10.3 Å². The van der Waals surface area contributed by atoms with Gasteiger partial charge in [0.05, 0.1) is 5.01 Å². The van der Waals surface area contributed by atoms with Crippen molar-refractivity contribution >= 4 is 21.7 Å². The van der Waals surface area contributed by atoms with Crippen LogP contribution in [0.2, 0.25) is 0 Å². The number of pyridine rings is 1. The van der Waals surface area contributed by atoms with E-state index < -0.39 is 0 Å². The van der Waals surface area contributed by atoms with Crippen LogP contribution in [0, 0.1) is 5.92 Å². The molecule has 0 spiro atoms. The SMILES string of the molecule is c1cnc2sc(CCC3CCNC3)nc2c1. The third-order valence-electron chi connectivity index (χ3n) is 3.14. The molecule has 1 N–H and O–H groups in total. The Morgan fingerprint density at radius 2 is 2.50 bits per heavy atom. The Hall–Kier alpha value is -1.00. The summed E-state index contributed by atoms with van der Waals surface area (Å²) >= 11 is 1.74. The summed E-state index contributed by atoms with van der Waals surface area (Å²) in [4.78, 5) is 10.0. The molecule has 16 heavy (non-hydrogen) atoms. The lowest BCUT2D eigenvalue weighted by Gasteiger charge is -2.04. The molecule has 1 unspecified atom stereocenters. The molecular formula is C12H15N3S. The number of nitrogens with zero attached hydrogens (tertiary/aromatic N) is 2. The monoisotopic (exact) mass is 233 g/mol. The standard InChI is InChI=1S/C12H15N3S/c1-2-10-12(14-6-1)16-11(15-10)4-3-9-5-7-13-8-9/h1-2,6,9,13H,3-5,7-8H2. The van der Waals surface area contributed by atoms with Gasteiger partial charge in [0.2, 0.25) is 0 Å². The average Bonchev–Trinajstić information content (AvgIpc) is 2.95. The summed E-state index contributed by atoms with van der Waals surface area (Å²) in [5.41, 5.74) is 1.05. The van der Waals surface area contributed by atoms with Crippen LogP contribution in [-0.4, -0.2) is 23.1 Å². The molecule has 1 atom stereocenters. The molecule has 4 heteroatoms. The van der Waals surface area contributed by atoms with Gasteiger partial charge in [-0.3, -0.25) is 0 Å². The summed E-state index contributed by atoms with van der Waals surface area (Å²) in [5.74, 6) is 0.847. The number of hydrogen-bond acceptors (Lipinski definition) is 4. The quantitative estimate of drug-likeness (QED) is 0.883. The Kier molecular flexibility index (Phi) is 2.84. The predicted molar refractivity (Wildman–Crippen MR) is 66.7 cm³/mol. The molecule has 2 aromatic heterocycles. The maximum atomic E-state index is 4.61. The molecule has 0 bridgehead atoms. The van der Waals surface area contributed by atoms with Crippen LogP contribution in [0.3, 0.4) is 0 Å². The van der Waals surface area contributed by atoms with Crippen molar-refractivity contribution in [3.8, 4) is 0 Å². The zero-order valence-electron chi connectivity index (χ0n) is 9.15. The fourth-order valence-electron chi connectivity index (χ4n) is 2.21. The van der Waals surface area contributed by atoms with E-state index in [1.165, 1.54) is 30.9 Å². The van der Waals surface area contributed by atoms with Gasteiger partial charge in [0.25, 0.3) is 0 Å². The zero-order valence-corrected chi connectivity index (χ0v) is 9.96. The van der Waals surface area contributed by atoms with E-state index in [2.05, 4.69) is 15.3 Å². The van der Waals surface area contributed by atoms with Gasteiger partial charge in [0.15, 0.2) is 0 Å². The second-order valence-electron chi connectivity index (χ2n) is 4.33. The highest BCUT2D eigenvalue weighted by atomic mass is 32.1. The number of hydrogen-bond donors (Lipinski definition) is 1. The Morgan fingerprint density at radius 1 is 1.50 bits per heavy atom. The highest BCUT2D eigenvalue weighted by molar-refractivity contribution is 7.18. The van der Waals surface area contributed by atoms with Gasteiger partial charge >= 0.3 is 0 Å². The molecule has 3 heterocycles. The van der Waals surface area contributed by atoms with Gasteiger partial charge in [0, 0.05) is 6.20 Å². The van der Waals surface area contributed by atoms with E-state index in [1.54, 1.807) is 11.3 Å². The maximum absolute atomic E-state index is 4.61. The molecule has 0 amide bonds. The van der Waals surface area contributed by atoms with Crippen molar-refractivity contribution in [3.05, 3.63) is 23.3 Å². The number of nitrogens with one attached hydrogen (secondary N) is 1. The van der Waals surface area contributed by atoms with Crippen molar-refractivity contribution in [2.75, 3.05) is 13.1 Å². The fraction of sp³-hybridized carbons (Fsp3) is 0.500. The van der Waals surface area contributed by atoms with E-state index in [1.807, 2.05) is 18.3 Å². The highest BCUT2D eigenvalue weighted by Gasteiger charge is 2.15. The highest BCUT2D eigenvalue weighted by Crippen LogP contribution is 2.22. The normalized spacial score (nSPS) is 20.6. The average molecular weight is 233 g/mol. The molecule has 0 aromatic carbocycles. The lowest BCUT2D eigenvalue weighted by molar-refractivity contribution is 0.532. The molecule has 3 rings (SSSR count). The van der Waals surface area contributed by atoms with Crippen LogP contribution in [0.4, 0.5) is 0 Å². The number of rotatable bonds is 3. The summed E-state index contributed by atoms with van der Waals surface area (Å²) in [6.07, 6.45) is 5.52. The lowest BCUT2D eigenvalue weighted by atomic mass is 10.0. The smallest absolute Gasteiger partial charge is 0.143 e. The largest absolute Gasteiger partial charge is 0.316 e. The molecule has 2 aromatic rings. The first-order valence-corrected chi connectivity index (χ1v) is 6.64. The van der Waals surface area contributed by atoms with Crippen molar-refractivity contribution in [1.82, 2.24) is 15.3 Å². The van der Waals surface area contributed by atoms with Gasteiger partial charge in [-0.15, -0.1) is 0 Å².